The van der Waals surface area contributed by atoms with Crippen LogP contribution in [0.3, 0.4) is 0 Å². The molecule has 0 atom stereocenters. The number of hydrogen-bond acceptors (Lipinski definition) is 8. The fourth-order valence-corrected chi connectivity index (χ4v) is 4.94. The summed E-state index contributed by atoms with van der Waals surface area (Å²) < 4.78 is 23.0. The van der Waals surface area contributed by atoms with E-state index in [1.165, 1.54) is 0 Å². The zero-order chi connectivity index (χ0) is 26.3. The lowest BCUT2D eigenvalue weighted by Gasteiger charge is -2.22. The van der Waals surface area contributed by atoms with Gasteiger partial charge in [-0.15, -0.1) is 0 Å². The first-order valence-electron chi connectivity index (χ1n) is 12.9. The molecule has 0 unspecified atom stereocenters. The van der Waals surface area contributed by atoms with Crippen LogP contribution in [0.15, 0.2) is 59.7 Å². The summed E-state index contributed by atoms with van der Waals surface area (Å²) in [7, 11) is 1.75. The van der Waals surface area contributed by atoms with Crippen molar-refractivity contribution >= 4 is 28.5 Å². The first kappa shape index (κ1) is 26.1. The fraction of sp³-hybridized carbons (Fsp3) is 0.357. The van der Waals surface area contributed by atoms with E-state index in [2.05, 4.69) is 26.9 Å². The van der Waals surface area contributed by atoms with Gasteiger partial charge in [0.15, 0.2) is 0 Å². The van der Waals surface area contributed by atoms with Crippen LogP contribution in [0.2, 0.25) is 0 Å². The fourth-order valence-electron chi connectivity index (χ4n) is 4.50. The maximum atomic E-state index is 12.6. The summed E-state index contributed by atoms with van der Waals surface area (Å²) in [6.45, 7) is 5.03. The third kappa shape index (κ3) is 6.15. The number of aromatic nitrogens is 3. The number of nitrogens with one attached hydrogen (secondary N) is 3. The number of hydrogen-bond donors (Lipinski definition) is 3. The Morgan fingerprint density at radius 1 is 1.11 bits per heavy atom. The van der Waals surface area contributed by atoms with E-state index in [0.29, 0.717) is 36.2 Å². The topological polar surface area (TPSA) is 102 Å². The third-order valence-electron chi connectivity index (χ3n) is 6.38. The summed E-state index contributed by atoms with van der Waals surface area (Å²) in [5, 5.41) is 4.17. The second-order valence-electron chi connectivity index (χ2n) is 9.06. The van der Waals surface area contributed by atoms with Gasteiger partial charge in [-0.25, -0.2) is 0 Å². The summed E-state index contributed by atoms with van der Waals surface area (Å²) in [5.74, 6) is 2.44. The van der Waals surface area contributed by atoms with Gasteiger partial charge in [0, 0.05) is 59.5 Å². The number of ether oxygens (including phenoxy) is 3. The number of aromatic amines is 1. The standard InChI is InChI=1S/C28H33N5O4S/c1-3-38-32-19-7-8-24(22(17-19)23-18-33(2)28(34)27-21(23)11-14-30-27)37-26-6-4-5-25(31-26)36-16-15-35-20-9-12-29-13-10-20/h4-8,11,14,17-18,20,29-30,32H,3,9-10,12-13,15-16H2,1-2H3. The van der Waals surface area contributed by atoms with Crippen LogP contribution in [-0.2, 0) is 11.8 Å². The molecule has 0 radical (unpaired) electrons. The van der Waals surface area contributed by atoms with Crippen molar-refractivity contribution in [2.75, 3.05) is 36.8 Å². The lowest BCUT2D eigenvalue weighted by molar-refractivity contribution is 0.0161. The Hall–Kier alpha value is -3.47. The van der Waals surface area contributed by atoms with E-state index in [9.17, 15) is 4.79 Å². The van der Waals surface area contributed by atoms with Gasteiger partial charge < -0.3 is 33.8 Å². The van der Waals surface area contributed by atoms with Gasteiger partial charge in [-0.1, -0.05) is 24.9 Å². The number of H-pyrrole nitrogens is 1. The Morgan fingerprint density at radius 2 is 1.95 bits per heavy atom. The minimum Gasteiger partial charge on any atom is -0.475 e. The molecule has 3 aromatic heterocycles. The Morgan fingerprint density at radius 3 is 2.79 bits per heavy atom. The molecule has 1 fully saturated rings. The molecule has 0 aliphatic carbocycles. The SMILES string of the molecule is CCSNc1ccc(Oc2cccc(OCCOC3CCNCC3)n2)c(-c2cn(C)c(=O)c3[nH]ccc23)c1. The molecule has 3 N–H and O–H groups in total. The average molecular weight is 536 g/mol. The molecule has 1 aliphatic heterocycles. The smallest absolute Gasteiger partial charge is 0.274 e. The molecule has 1 saturated heterocycles. The van der Waals surface area contributed by atoms with Gasteiger partial charge in [-0.2, -0.15) is 4.98 Å². The molecule has 1 aliphatic rings. The molecule has 10 heteroatoms. The second kappa shape index (κ2) is 12.4. The number of pyridine rings is 2. The quantitative estimate of drug-likeness (QED) is 0.183. The highest BCUT2D eigenvalue weighted by Gasteiger charge is 2.17. The number of nitrogens with zero attached hydrogens (tertiary/aromatic N) is 2. The van der Waals surface area contributed by atoms with Crippen molar-refractivity contribution in [3.63, 3.8) is 0 Å². The van der Waals surface area contributed by atoms with Crippen molar-refractivity contribution in [1.29, 1.82) is 0 Å². The Balaban J connectivity index is 1.37. The molecule has 5 rings (SSSR count). The predicted molar refractivity (Wildman–Crippen MR) is 152 cm³/mol. The van der Waals surface area contributed by atoms with Crippen LogP contribution in [0.25, 0.3) is 22.0 Å². The highest BCUT2D eigenvalue weighted by molar-refractivity contribution is 8.00. The third-order valence-corrected chi connectivity index (χ3v) is 7.05. The molecular formula is C28H33N5O4S. The van der Waals surface area contributed by atoms with Crippen LogP contribution in [0.1, 0.15) is 19.8 Å². The van der Waals surface area contributed by atoms with Crippen molar-refractivity contribution in [1.82, 2.24) is 19.9 Å². The molecular weight excluding hydrogens is 502 g/mol. The van der Waals surface area contributed by atoms with Gasteiger partial charge >= 0.3 is 0 Å². The molecule has 1 aromatic carbocycles. The van der Waals surface area contributed by atoms with Gasteiger partial charge in [-0.05, 0) is 50.2 Å². The van der Waals surface area contributed by atoms with Crippen molar-refractivity contribution in [2.24, 2.45) is 7.05 Å². The average Bonchev–Trinajstić information content (AvgIpc) is 3.44. The molecule has 0 amide bonds. The molecule has 0 saturated carbocycles. The Kier molecular flexibility index (Phi) is 8.52. The van der Waals surface area contributed by atoms with Crippen molar-refractivity contribution in [2.45, 2.75) is 25.9 Å². The van der Waals surface area contributed by atoms with Crippen LogP contribution < -0.4 is 25.1 Å². The predicted octanol–water partition coefficient (Wildman–Crippen LogP) is 4.95. The first-order chi connectivity index (χ1) is 18.6. The van der Waals surface area contributed by atoms with Gasteiger partial charge in [0.1, 0.15) is 17.9 Å². The number of fused-ring (bicyclic) bond motifs is 1. The van der Waals surface area contributed by atoms with E-state index in [-0.39, 0.29) is 11.7 Å². The van der Waals surface area contributed by atoms with Crippen LogP contribution in [0.4, 0.5) is 5.69 Å². The molecule has 4 heterocycles. The summed E-state index contributed by atoms with van der Waals surface area (Å²) in [6.07, 6.45) is 5.97. The number of benzene rings is 1. The monoisotopic (exact) mass is 535 g/mol. The van der Waals surface area contributed by atoms with Crippen LogP contribution >= 0.6 is 11.9 Å². The normalized spacial score (nSPS) is 14.1. The molecule has 4 aromatic rings. The zero-order valence-electron chi connectivity index (χ0n) is 21.7. The highest BCUT2D eigenvalue weighted by atomic mass is 32.2. The van der Waals surface area contributed by atoms with E-state index in [1.807, 2.05) is 42.6 Å². The summed E-state index contributed by atoms with van der Waals surface area (Å²) >= 11 is 1.61. The van der Waals surface area contributed by atoms with E-state index in [4.69, 9.17) is 14.2 Å². The molecule has 0 spiro atoms. The largest absolute Gasteiger partial charge is 0.475 e. The van der Waals surface area contributed by atoms with E-state index in [1.54, 1.807) is 35.8 Å². The number of anilines is 1. The number of aryl methyl sites for hydroxylation is 1. The van der Waals surface area contributed by atoms with Crippen LogP contribution in [-0.4, -0.2) is 52.7 Å². The van der Waals surface area contributed by atoms with Crippen molar-refractivity contribution < 1.29 is 14.2 Å². The highest BCUT2D eigenvalue weighted by Crippen LogP contribution is 2.38. The van der Waals surface area contributed by atoms with Crippen molar-refractivity contribution in [3.8, 4) is 28.6 Å². The van der Waals surface area contributed by atoms with Gasteiger partial charge in [-0.3, -0.25) is 4.79 Å². The van der Waals surface area contributed by atoms with Gasteiger partial charge in [0.25, 0.3) is 5.56 Å². The van der Waals surface area contributed by atoms with Crippen LogP contribution in [0, 0.1) is 0 Å². The van der Waals surface area contributed by atoms with E-state index >= 15 is 0 Å². The van der Waals surface area contributed by atoms with Crippen molar-refractivity contribution in [3.05, 3.63) is 65.2 Å². The maximum absolute atomic E-state index is 12.6. The molecule has 0 bridgehead atoms. The summed E-state index contributed by atoms with van der Waals surface area (Å²) in [5.41, 5.74) is 3.14. The molecule has 38 heavy (non-hydrogen) atoms. The summed E-state index contributed by atoms with van der Waals surface area (Å²) in [6, 6.07) is 13.3. The maximum Gasteiger partial charge on any atom is 0.274 e. The molecule has 9 nitrogen and oxygen atoms in total. The first-order valence-corrected chi connectivity index (χ1v) is 13.9. The second-order valence-corrected chi connectivity index (χ2v) is 10.1. The number of piperidine rings is 1. The lowest BCUT2D eigenvalue weighted by atomic mass is 10.0. The minimum absolute atomic E-state index is 0.0808. The minimum atomic E-state index is -0.0808. The number of rotatable bonds is 11. The lowest BCUT2D eigenvalue weighted by Crippen LogP contribution is -2.33. The zero-order valence-corrected chi connectivity index (χ0v) is 22.5. The van der Waals surface area contributed by atoms with E-state index < -0.39 is 0 Å². The Labute approximate surface area is 226 Å². The summed E-state index contributed by atoms with van der Waals surface area (Å²) in [4.78, 5) is 20.3. The van der Waals surface area contributed by atoms with Gasteiger partial charge in [0.05, 0.1) is 12.7 Å². The molecule has 200 valence electrons. The van der Waals surface area contributed by atoms with Crippen LogP contribution in [0.5, 0.6) is 17.5 Å². The Bertz CT molecular complexity index is 1430. The van der Waals surface area contributed by atoms with E-state index in [0.717, 1.165) is 53.9 Å². The van der Waals surface area contributed by atoms with Gasteiger partial charge in [0.2, 0.25) is 11.8 Å².